The molecular formula is C24H37FN4O3. The Morgan fingerprint density at radius 2 is 1.84 bits per heavy atom. The quantitative estimate of drug-likeness (QED) is 0.432. The Kier molecular flexibility index (Phi) is 8.73. The van der Waals surface area contributed by atoms with Crippen molar-refractivity contribution in [2.45, 2.75) is 71.4 Å². The zero-order valence-corrected chi connectivity index (χ0v) is 19.5. The van der Waals surface area contributed by atoms with Crippen molar-refractivity contribution >= 4 is 0 Å². The summed E-state index contributed by atoms with van der Waals surface area (Å²) in [6, 6.07) is 5.37. The second-order valence-electron chi connectivity index (χ2n) is 9.27. The molecule has 1 atom stereocenters. The van der Waals surface area contributed by atoms with Gasteiger partial charge in [-0.05, 0) is 61.8 Å². The maximum absolute atomic E-state index is 14.1. The Labute approximate surface area is 189 Å². The van der Waals surface area contributed by atoms with Gasteiger partial charge in [0.25, 0.3) is 0 Å². The molecule has 1 saturated carbocycles. The normalized spacial score (nSPS) is 14.8. The predicted octanol–water partition coefficient (Wildman–Crippen LogP) is 3.74. The maximum atomic E-state index is 14.1. The van der Waals surface area contributed by atoms with E-state index < -0.39 is 0 Å². The van der Waals surface area contributed by atoms with Gasteiger partial charge < -0.3 is 10.1 Å². The van der Waals surface area contributed by atoms with Gasteiger partial charge in [-0.15, -0.1) is 0 Å². The van der Waals surface area contributed by atoms with Gasteiger partial charge in [0.05, 0.1) is 6.61 Å². The molecule has 0 saturated heterocycles. The van der Waals surface area contributed by atoms with Gasteiger partial charge in [-0.3, -0.25) is 4.98 Å². The average Bonchev–Trinajstić information content (AvgIpc) is 3.54. The summed E-state index contributed by atoms with van der Waals surface area (Å²) in [5, 5.41) is 3.63. The summed E-state index contributed by atoms with van der Waals surface area (Å²) in [4.78, 5) is 25.4. The van der Waals surface area contributed by atoms with Gasteiger partial charge in [0, 0.05) is 19.6 Å². The highest BCUT2D eigenvalue weighted by molar-refractivity contribution is 5.32. The van der Waals surface area contributed by atoms with Gasteiger partial charge >= 0.3 is 11.4 Å². The molecule has 0 unspecified atom stereocenters. The molecule has 0 radical (unpaired) electrons. The number of nitrogens with one attached hydrogen (secondary N) is 2. The molecule has 1 heterocycles. The predicted molar refractivity (Wildman–Crippen MR) is 124 cm³/mol. The lowest BCUT2D eigenvalue weighted by molar-refractivity contribution is 0.284. The number of ether oxygens (including phenoxy) is 1. The summed E-state index contributed by atoms with van der Waals surface area (Å²) in [7, 11) is 1.60. The van der Waals surface area contributed by atoms with Crippen LogP contribution in [0.1, 0.15) is 70.4 Å². The van der Waals surface area contributed by atoms with Crippen molar-refractivity contribution in [2.24, 2.45) is 18.9 Å². The monoisotopic (exact) mass is 448 g/mol. The zero-order valence-electron chi connectivity index (χ0n) is 19.5. The lowest BCUT2D eigenvalue weighted by atomic mass is 9.95. The first-order valence-electron chi connectivity index (χ1n) is 11.9. The summed E-state index contributed by atoms with van der Waals surface area (Å²) in [6.07, 6.45) is 7.47. The molecule has 8 heteroatoms. The Balaban J connectivity index is 1.38. The van der Waals surface area contributed by atoms with Crippen LogP contribution in [0.25, 0.3) is 0 Å². The lowest BCUT2D eigenvalue weighted by Crippen LogP contribution is -2.27. The molecule has 1 aliphatic carbocycles. The van der Waals surface area contributed by atoms with Crippen LogP contribution in [0.3, 0.4) is 0 Å². The summed E-state index contributed by atoms with van der Waals surface area (Å²) >= 11 is 0. The highest BCUT2D eigenvalue weighted by Crippen LogP contribution is 2.32. The Morgan fingerprint density at radius 3 is 2.50 bits per heavy atom. The van der Waals surface area contributed by atoms with Crippen molar-refractivity contribution in [2.75, 3.05) is 13.2 Å². The van der Waals surface area contributed by atoms with Gasteiger partial charge in [-0.2, -0.15) is 0 Å². The van der Waals surface area contributed by atoms with Crippen LogP contribution in [0.4, 0.5) is 4.39 Å². The molecular weight excluding hydrogens is 411 g/mol. The molecule has 3 rings (SSSR count). The number of benzene rings is 1. The van der Waals surface area contributed by atoms with E-state index >= 15 is 0 Å². The van der Waals surface area contributed by atoms with Crippen molar-refractivity contribution in [1.29, 1.82) is 0 Å². The van der Waals surface area contributed by atoms with Gasteiger partial charge in [0.15, 0.2) is 11.6 Å². The van der Waals surface area contributed by atoms with Crippen molar-refractivity contribution in [3.8, 4) is 5.75 Å². The average molecular weight is 449 g/mol. The fourth-order valence-electron chi connectivity index (χ4n) is 3.96. The largest absolute Gasteiger partial charge is 0.490 e. The Morgan fingerprint density at radius 1 is 1.12 bits per heavy atom. The van der Waals surface area contributed by atoms with Crippen molar-refractivity contribution in [1.82, 2.24) is 19.7 Å². The molecule has 0 amide bonds. The number of halogens is 1. The van der Waals surface area contributed by atoms with Crippen LogP contribution in [0.5, 0.6) is 5.75 Å². The smallest absolute Gasteiger partial charge is 0.344 e. The molecule has 1 fully saturated rings. The van der Waals surface area contributed by atoms with E-state index in [2.05, 4.69) is 24.1 Å². The molecule has 0 bridgehead atoms. The van der Waals surface area contributed by atoms with E-state index in [9.17, 15) is 14.0 Å². The van der Waals surface area contributed by atoms with Gasteiger partial charge in [-0.1, -0.05) is 39.2 Å². The molecule has 1 aromatic carbocycles. The molecule has 178 valence electrons. The van der Waals surface area contributed by atoms with E-state index in [1.165, 1.54) is 28.3 Å². The van der Waals surface area contributed by atoms with Crippen molar-refractivity contribution < 1.29 is 9.13 Å². The number of unbranched alkanes of at least 4 members (excludes halogenated alkanes) is 4. The summed E-state index contributed by atoms with van der Waals surface area (Å²) in [5.41, 5.74) is 0.349. The third-order valence-electron chi connectivity index (χ3n) is 6.17. The second kappa shape index (κ2) is 11.5. The number of rotatable bonds is 14. The molecule has 1 aliphatic rings. The molecule has 0 spiro atoms. The molecule has 1 aromatic heterocycles. The molecule has 32 heavy (non-hydrogen) atoms. The van der Waals surface area contributed by atoms with Crippen LogP contribution in [0.2, 0.25) is 0 Å². The van der Waals surface area contributed by atoms with Gasteiger partial charge in [0.2, 0.25) is 0 Å². The zero-order chi connectivity index (χ0) is 23.1. The SMILES string of the molecule is CC(C)[C@@H](NCCCCCCCn1c(=O)[nH]c(=O)n1C)c1ccc(F)c(OCC2CC2)c1. The fraction of sp³-hybridized carbons (Fsp3) is 0.667. The number of hydrogen-bond acceptors (Lipinski definition) is 4. The molecule has 2 aromatic rings. The number of H-pyrrole nitrogens is 1. The van der Waals surface area contributed by atoms with Crippen LogP contribution < -0.4 is 21.4 Å². The highest BCUT2D eigenvalue weighted by atomic mass is 19.1. The van der Waals surface area contributed by atoms with Crippen molar-refractivity contribution in [3.63, 3.8) is 0 Å². The minimum Gasteiger partial charge on any atom is -0.490 e. The van der Waals surface area contributed by atoms with E-state index in [4.69, 9.17) is 4.74 Å². The first-order chi connectivity index (χ1) is 15.4. The summed E-state index contributed by atoms with van der Waals surface area (Å²) in [6.45, 7) is 6.39. The minimum atomic E-state index is -0.372. The highest BCUT2D eigenvalue weighted by Gasteiger charge is 2.23. The number of hydrogen-bond donors (Lipinski definition) is 2. The number of nitrogens with zero attached hydrogens (tertiary/aromatic N) is 2. The van der Waals surface area contributed by atoms with Gasteiger partial charge in [0.1, 0.15) is 0 Å². The minimum absolute atomic E-state index is 0.153. The number of aromatic amines is 1. The lowest BCUT2D eigenvalue weighted by Gasteiger charge is -2.24. The molecule has 7 nitrogen and oxygen atoms in total. The van der Waals surface area contributed by atoms with E-state index in [1.54, 1.807) is 7.05 Å². The molecule has 0 aliphatic heterocycles. The Bertz CT molecular complexity index is 974. The van der Waals surface area contributed by atoms with Crippen LogP contribution >= 0.6 is 0 Å². The van der Waals surface area contributed by atoms with E-state index in [0.29, 0.717) is 30.7 Å². The summed E-state index contributed by atoms with van der Waals surface area (Å²) in [5.74, 6) is 1.04. The molecule has 2 N–H and O–H groups in total. The van der Waals surface area contributed by atoms with Crippen molar-refractivity contribution in [3.05, 3.63) is 50.5 Å². The van der Waals surface area contributed by atoms with E-state index in [0.717, 1.165) is 44.2 Å². The van der Waals surface area contributed by atoms with Crippen LogP contribution in [0.15, 0.2) is 27.8 Å². The first kappa shape index (κ1) is 24.3. The van der Waals surface area contributed by atoms with Gasteiger partial charge in [-0.25, -0.2) is 23.3 Å². The van der Waals surface area contributed by atoms with Crippen LogP contribution in [-0.2, 0) is 13.6 Å². The first-order valence-corrected chi connectivity index (χ1v) is 11.9. The topological polar surface area (TPSA) is 81.0 Å². The number of aromatic nitrogens is 3. The van der Waals surface area contributed by atoms with Crippen LogP contribution in [-0.4, -0.2) is 27.5 Å². The Hall–Kier alpha value is -2.35. The fourth-order valence-corrected chi connectivity index (χ4v) is 3.96. The standard InChI is InChI=1S/C24H37FN4O3/c1-17(2)22(19-11-12-20(25)21(15-19)32-16-18-9-10-18)26-13-7-5-4-6-8-14-29-24(31)27-23(30)28(29)3/h11-12,15,17-18,22,26H,4-10,13-14,16H2,1-3H3,(H,27,30,31)/t22-/m1/s1. The van der Waals surface area contributed by atoms with Crippen LogP contribution in [0, 0.1) is 17.7 Å². The second-order valence-corrected chi connectivity index (χ2v) is 9.27. The van der Waals surface area contributed by atoms with E-state index in [1.807, 2.05) is 12.1 Å². The summed E-state index contributed by atoms with van der Waals surface area (Å²) < 4.78 is 22.6. The maximum Gasteiger partial charge on any atom is 0.344 e. The van der Waals surface area contributed by atoms with E-state index in [-0.39, 0.29) is 23.2 Å². The third kappa shape index (κ3) is 6.82. The third-order valence-corrected chi connectivity index (χ3v) is 6.17.